The zero-order valence-electron chi connectivity index (χ0n) is 24.4. The highest BCUT2D eigenvalue weighted by atomic mass is 19.3. The molecular weight excluding hydrogens is 528 g/mol. The molecular formula is C30H35F2N7O2. The van der Waals surface area contributed by atoms with Crippen molar-refractivity contribution < 1.29 is 13.9 Å². The summed E-state index contributed by atoms with van der Waals surface area (Å²) in [6.45, 7) is 8.96. The molecule has 9 nitrogen and oxygen atoms in total. The van der Waals surface area contributed by atoms with Crippen LogP contribution in [0.25, 0.3) is 38.9 Å². The predicted molar refractivity (Wildman–Crippen MR) is 156 cm³/mol. The number of halogens is 2. The standard InChI is InChI=1S/C30H35F2N7O2/c1-29(2,3)27-34-21-12-19(17-14-33-35(5)15-17)20(26(31)32)13-22(21)39(27)18-10-23-25(37(7)28(40)36(23)6)24(11-18)38-9-8-30(4,41)16-38/h10-15,26,41H,8-9,16H2,1-7H3. The number of benzene rings is 2. The third kappa shape index (κ3) is 4.34. The zero-order valence-corrected chi connectivity index (χ0v) is 24.4. The zero-order chi connectivity index (χ0) is 29.6. The van der Waals surface area contributed by atoms with Gasteiger partial charge in [-0.05, 0) is 43.2 Å². The summed E-state index contributed by atoms with van der Waals surface area (Å²) in [5, 5.41) is 15.0. The van der Waals surface area contributed by atoms with Crippen LogP contribution in [-0.2, 0) is 26.6 Å². The number of β-amino-alcohol motifs (C(OH)–C–C–N with tert-alkyl or cyclic N) is 1. The van der Waals surface area contributed by atoms with Crippen LogP contribution in [0, 0.1) is 0 Å². The Bertz CT molecular complexity index is 1880. The van der Waals surface area contributed by atoms with Crippen molar-refractivity contribution in [3.8, 4) is 16.8 Å². The normalized spacial score (nSPS) is 18.1. The summed E-state index contributed by atoms with van der Waals surface area (Å²) in [5.41, 5.74) is 3.55. The Morgan fingerprint density at radius 3 is 2.37 bits per heavy atom. The average Bonchev–Trinajstić information content (AvgIpc) is 3.64. The first-order chi connectivity index (χ1) is 19.2. The van der Waals surface area contributed by atoms with Gasteiger partial charge in [0.1, 0.15) is 5.82 Å². The van der Waals surface area contributed by atoms with Crippen molar-refractivity contribution in [2.75, 3.05) is 18.0 Å². The van der Waals surface area contributed by atoms with Crippen LogP contribution in [0.3, 0.4) is 0 Å². The Hall–Kier alpha value is -3.99. The quantitative estimate of drug-likeness (QED) is 0.339. The molecule has 0 spiro atoms. The molecule has 1 saturated heterocycles. The fourth-order valence-electron chi connectivity index (χ4n) is 6.03. The van der Waals surface area contributed by atoms with Gasteiger partial charge >= 0.3 is 5.69 Å². The lowest BCUT2D eigenvalue weighted by Gasteiger charge is -2.25. The van der Waals surface area contributed by atoms with Gasteiger partial charge in [0.05, 0.1) is 45.2 Å². The number of anilines is 1. The number of rotatable bonds is 4. The van der Waals surface area contributed by atoms with Gasteiger partial charge in [0.25, 0.3) is 6.43 Å². The van der Waals surface area contributed by atoms with Gasteiger partial charge in [-0.3, -0.25) is 18.4 Å². The topological polar surface area (TPSA) is 86.0 Å². The van der Waals surface area contributed by atoms with E-state index in [1.54, 1.807) is 53.4 Å². The van der Waals surface area contributed by atoms with Gasteiger partial charge in [-0.1, -0.05) is 20.8 Å². The molecule has 1 N–H and O–H groups in total. The summed E-state index contributed by atoms with van der Waals surface area (Å²) in [6.07, 6.45) is 1.18. The Morgan fingerprint density at radius 2 is 1.78 bits per heavy atom. The van der Waals surface area contributed by atoms with Crippen LogP contribution in [0.5, 0.6) is 0 Å². The SMILES string of the molecule is Cn1cc(-c2cc3nc(C(C)(C)C)n(-c4cc(N5CCC(C)(O)C5)c5c(c4)n(C)c(=O)n5C)c3cc2C(F)F)cn1. The van der Waals surface area contributed by atoms with Crippen molar-refractivity contribution in [3.05, 3.63) is 58.5 Å². The lowest BCUT2D eigenvalue weighted by Crippen LogP contribution is -2.30. The molecule has 216 valence electrons. The highest BCUT2D eigenvalue weighted by molar-refractivity contribution is 5.94. The van der Waals surface area contributed by atoms with E-state index in [0.29, 0.717) is 58.7 Å². The van der Waals surface area contributed by atoms with E-state index in [4.69, 9.17) is 4.98 Å². The Morgan fingerprint density at radius 1 is 1.05 bits per heavy atom. The fraction of sp³-hybridized carbons (Fsp3) is 0.433. The molecule has 11 heteroatoms. The molecule has 0 bridgehead atoms. The number of fused-ring (bicyclic) bond motifs is 2. The number of hydrogen-bond donors (Lipinski definition) is 1. The Labute approximate surface area is 236 Å². The van der Waals surface area contributed by atoms with Crippen LogP contribution < -0.4 is 10.6 Å². The van der Waals surface area contributed by atoms with Crippen molar-refractivity contribution in [2.24, 2.45) is 21.1 Å². The van der Waals surface area contributed by atoms with Crippen molar-refractivity contribution in [3.63, 3.8) is 0 Å². The van der Waals surface area contributed by atoms with Gasteiger partial charge in [-0.2, -0.15) is 5.10 Å². The van der Waals surface area contributed by atoms with E-state index in [0.717, 1.165) is 11.2 Å². The van der Waals surface area contributed by atoms with Crippen LogP contribution in [-0.4, -0.2) is 52.3 Å². The molecule has 0 aliphatic carbocycles. The number of alkyl halides is 2. The van der Waals surface area contributed by atoms with Crippen molar-refractivity contribution in [1.29, 1.82) is 0 Å². The highest BCUT2D eigenvalue weighted by Crippen LogP contribution is 2.40. The molecule has 1 unspecified atom stereocenters. The second-order valence-electron chi connectivity index (χ2n) is 12.6. The van der Waals surface area contributed by atoms with E-state index in [2.05, 4.69) is 10.00 Å². The van der Waals surface area contributed by atoms with E-state index in [-0.39, 0.29) is 11.3 Å². The molecule has 4 heterocycles. The van der Waals surface area contributed by atoms with Crippen LogP contribution >= 0.6 is 0 Å². The van der Waals surface area contributed by atoms with E-state index in [1.807, 2.05) is 44.4 Å². The average molecular weight is 564 g/mol. The molecule has 0 amide bonds. The maximum atomic E-state index is 14.5. The van der Waals surface area contributed by atoms with Gasteiger partial charge in [0.2, 0.25) is 0 Å². The van der Waals surface area contributed by atoms with Gasteiger partial charge in [0, 0.05) is 57.0 Å². The predicted octanol–water partition coefficient (Wildman–Crippen LogP) is 4.81. The van der Waals surface area contributed by atoms with Crippen LogP contribution in [0.4, 0.5) is 14.5 Å². The van der Waals surface area contributed by atoms with Gasteiger partial charge in [-0.25, -0.2) is 18.6 Å². The molecule has 1 fully saturated rings. The molecule has 1 aliphatic heterocycles. The van der Waals surface area contributed by atoms with E-state index >= 15 is 0 Å². The van der Waals surface area contributed by atoms with E-state index in [9.17, 15) is 18.7 Å². The molecule has 5 aromatic rings. The number of imidazole rings is 2. The minimum atomic E-state index is -2.71. The van der Waals surface area contributed by atoms with E-state index in [1.165, 1.54) is 6.07 Å². The third-order valence-corrected chi connectivity index (χ3v) is 8.12. The summed E-state index contributed by atoms with van der Waals surface area (Å²) in [6, 6.07) is 7.15. The minimum absolute atomic E-state index is 0.101. The van der Waals surface area contributed by atoms with E-state index < -0.39 is 17.4 Å². The number of aryl methyl sites for hydroxylation is 3. The molecule has 2 aromatic carbocycles. The van der Waals surface area contributed by atoms with Gasteiger partial charge in [-0.15, -0.1) is 0 Å². The molecule has 1 atom stereocenters. The van der Waals surface area contributed by atoms with Crippen LogP contribution in [0.1, 0.15) is 51.9 Å². The summed E-state index contributed by atoms with van der Waals surface area (Å²) < 4.78 is 35.8. The number of nitrogens with zero attached hydrogens (tertiary/aromatic N) is 7. The van der Waals surface area contributed by atoms with Crippen molar-refractivity contribution >= 4 is 27.8 Å². The Kier molecular flexibility index (Phi) is 5.97. The molecule has 0 radical (unpaired) electrons. The first-order valence-electron chi connectivity index (χ1n) is 13.7. The fourth-order valence-corrected chi connectivity index (χ4v) is 6.03. The maximum Gasteiger partial charge on any atom is 0.328 e. The first-order valence-corrected chi connectivity index (χ1v) is 13.7. The van der Waals surface area contributed by atoms with Crippen molar-refractivity contribution in [1.82, 2.24) is 28.5 Å². The summed E-state index contributed by atoms with van der Waals surface area (Å²) >= 11 is 0. The molecule has 0 saturated carbocycles. The molecule has 41 heavy (non-hydrogen) atoms. The Balaban J connectivity index is 1.69. The summed E-state index contributed by atoms with van der Waals surface area (Å²) in [5.74, 6) is 0.704. The van der Waals surface area contributed by atoms with Gasteiger partial charge in [0.15, 0.2) is 0 Å². The van der Waals surface area contributed by atoms with Crippen LogP contribution in [0.2, 0.25) is 0 Å². The summed E-state index contributed by atoms with van der Waals surface area (Å²) in [7, 11) is 5.22. The second-order valence-corrected chi connectivity index (χ2v) is 12.6. The summed E-state index contributed by atoms with van der Waals surface area (Å²) in [4.78, 5) is 20.1. The number of aliphatic hydroxyl groups is 1. The lowest BCUT2D eigenvalue weighted by molar-refractivity contribution is 0.0839. The van der Waals surface area contributed by atoms with Gasteiger partial charge < -0.3 is 10.0 Å². The smallest absolute Gasteiger partial charge is 0.328 e. The molecule has 6 rings (SSSR count). The maximum absolute atomic E-state index is 14.5. The molecule has 1 aliphatic rings. The first kappa shape index (κ1) is 27.2. The van der Waals surface area contributed by atoms with Crippen LogP contribution in [0.15, 0.2) is 41.5 Å². The monoisotopic (exact) mass is 563 g/mol. The second kappa shape index (κ2) is 9.01. The lowest BCUT2D eigenvalue weighted by atomic mass is 9.95. The largest absolute Gasteiger partial charge is 0.388 e. The molecule has 3 aromatic heterocycles. The highest BCUT2D eigenvalue weighted by Gasteiger charge is 2.34. The third-order valence-electron chi connectivity index (χ3n) is 8.12. The number of hydrogen-bond acceptors (Lipinski definition) is 5. The van der Waals surface area contributed by atoms with Crippen molar-refractivity contribution in [2.45, 2.75) is 51.6 Å². The number of aromatic nitrogens is 6. The minimum Gasteiger partial charge on any atom is -0.388 e.